The molecule has 0 unspecified atom stereocenters. The maximum atomic E-state index is 12.2. The maximum absolute atomic E-state index is 12.2. The summed E-state index contributed by atoms with van der Waals surface area (Å²) in [7, 11) is 0. The van der Waals surface area contributed by atoms with E-state index in [2.05, 4.69) is 0 Å². The predicted molar refractivity (Wildman–Crippen MR) is 82.5 cm³/mol. The fraction of sp³-hybridized carbons (Fsp3) is 0.267. The lowest BCUT2D eigenvalue weighted by atomic mass is 10.2. The van der Waals surface area contributed by atoms with E-state index in [1.165, 1.54) is 6.92 Å². The summed E-state index contributed by atoms with van der Waals surface area (Å²) in [6.45, 7) is 3.75. The first-order chi connectivity index (χ1) is 10.4. The monoisotopic (exact) mass is 321 g/mol. The number of imide groups is 1. The molecule has 7 heteroatoms. The lowest BCUT2D eigenvalue weighted by Gasteiger charge is -2.16. The number of ether oxygens (including phenoxy) is 1. The molecule has 2 rings (SSSR count). The van der Waals surface area contributed by atoms with Crippen LogP contribution in [0.3, 0.4) is 0 Å². The zero-order chi connectivity index (χ0) is 16.3. The van der Waals surface area contributed by atoms with Gasteiger partial charge >= 0.3 is 5.97 Å². The van der Waals surface area contributed by atoms with Crippen molar-refractivity contribution in [3.8, 4) is 5.75 Å². The molecule has 1 heterocycles. The van der Waals surface area contributed by atoms with Crippen LogP contribution in [0, 0.1) is 0 Å². The number of carbonyl (C=O) groups excluding carboxylic acids is 2. The molecule has 116 valence electrons. The smallest absolute Gasteiger partial charge is 0.326 e. The second kappa shape index (κ2) is 6.65. The van der Waals surface area contributed by atoms with Crippen molar-refractivity contribution in [1.82, 2.24) is 4.90 Å². The molecule has 6 nitrogen and oxygen atoms in total. The molecule has 0 spiro atoms. The van der Waals surface area contributed by atoms with Gasteiger partial charge in [-0.1, -0.05) is 12.1 Å². The van der Waals surface area contributed by atoms with Gasteiger partial charge in [-0.3, -0.25) is 14.5 Å². The fourth-order valence-electron chi connectivity index (χ4n) is 1.90. The topological polar surface area (TPSA) is 83.9 Å². The van der Waals surface area contributed by atoms with Crippen LogP contribution in [0.15, 0.2) is 29.2 Å². The Kier molecular flexibility index (Phi) is 4.87. The van der Waals surface area contributed by atoms with Gasteiger partial charge in [0.25, 0.3) is 11.1 Å². The average Bonchev–Trinajstić information content (AvgIpc) is 2.75. The molecule has 1 aliphatic rings. The van der Waals surface area contributed by atoms with E-state index < -0.39 is 23.2 Å². The number of aliphatic carboxylic acids is 1. The second-order valence-corrected chi connectivity index (χ2v) is 5.56. The van der Waals surface area contributed by atoms with E-state index in [4.69, 9.17) is 9.84 Å². The summed E-state index contributed by atoms with van der Waals surface area (Å²) in [4.78, 5) is 35.9. The van der Waals surface area contributed by atoms with Crippen LogP contribution in [-0.2, 0) is 9.59 Å². The standard InChI is InChI=1S/C15H15NO5S/c1-3-21-11-6-4-10(5-7-11)8-12-13(17)16(15(20)22-12)9(2)14(18)19/h4-9H,3H2,1-2H3,(H,18,19)/b12-8+/t9-/m1/s1. The molecule has 22 heavy (non-hydrogen) atoms. The van der Waals surface area contributed by atoms with E-state index in [1.54, 1.807) is 30.3 Å². The van der Waals surface area contributed by atoms with Crippen LogP contribution in [0.5, 0.6) is 5.75 Å². The third-order valence-corrected chi connectivity index (χ3v) is 3.94. The molecule has 1 fully saturated rings. The van der Waals surface area contributed by atoms with Crippen LogP contribution < -0.4 is 4.74 Å². The second-order valence-electron chi connectivity index (χ2n) is 4.57. The summed E-state index contributed by atoms with van der Waals surface area (Å²) in [5, 5.41) is 8.37. The van der Waals surface area contributed by atoms with E-state index in [1.807, 2.05) is 6.92 Å². The minimum Gasteiger partial charge on any atom is -0.494 e. The molecular formula is C15H15NO5S. The van der Waals surface area contributed by atoms with Crippen molar-refractivity contribution in [1.29, 1.82) is 0 Å². The zero-order valence-corrected chi connectivity index (χ0v) is 12.9. The largest absolute Gasteiger partial charge is 0.494 e. The highest BCUT2D eigenvalue weighted by Gasteiger charge is 2.40. The Morgan fingerprint density at radius 1 is 1.36 bits per heavy atom. The average molecular weight is 321 g/mol. The third-order valence-electron chi connectivity index (χ3n) is 3.06. The predicted octanol–water partition coefficient (Wildman–Crippen LogP) is 2.59. The molecule has 1 aliphatic heterocycles. The molecule has 0 bridgehead atoms. The Morgan fingerprint density at radius 3 is 2.55 bits per heavy atom. The Balaban J connectivity index is 2.21. The first-order valence-electron chi connectivity index (χ1n) is 6.66. The summed E-state index contributed by atoms with van der Waals surface area (Å²) in [5.41, 5.74) is 0.733. The van der Waals surface area contributed by atoms with Crippen LogP contribution >= 0.6 is 11.8 Å². The third kappa shape index (κ3) is 3.30. The highest BCUT2D eigenvalue weighted by molar-refractivity contribution is 8.18. The molecule has 0 aromatic heterocycles. The van der Waals surface area contributed by atoms with Crippen molar-refractivity contribution in [2.45, 2.75) is 19.9 Å². The highest BCUT2D eigenvalue weighted by atomic mass is 32.2. The number of carboxylic acid groups (broad SMARTS) is 1. The van der Waals surface area contributed by atoms with Crippen molar-refractivity contribution in [3.05, 3.63) is 34.7 Å². The van der Waals surface area contributed by atoms with Gasteiger partial charge < -0.3 is 9.84 Å². The van der Waals surface area contributed by atoms with E-state index in [0.29, 0.717) is 12.4 Å². The molecule has 0 aliphatic carbocycles. The number of hydrogen-bond acceptors (Lipinski definition) is 5. The Bertz CT molecular complexity index is 638. The van der Waals surface area contributed by atoms with E-state index in [-0.39, 0.29) is 4.91 Å². The quantitative estimate of drug-likeness (QED) is 0.839. The Hall–Kier alpha value is -2.28. The number of hydrogen-bond donors (Lipinski definition) is 1. The number of rotatable bonds is 5. The van der Waals surface area contributed by atoms with Crippen LogP contribution in [0.2, 0.25) is 0 Å². The first kappa shape index (κ1) is 16.1. The van der Waals surface area contributed by atoms with Crippen LogP contribution in [-0.4, -0.2) is 39.8 Å². The van der Waals surface area contributed by atoms with Gasteiger partial charge in [-0.05, 0) is 49.4 Å². The van der Waals surface area contributed by atoms with Gasteiger partial charge in [0.05, 0.1) is 11.5 Å². The van der Waals surface area contributed by atoms with Gasteiger partial charge in [0, 0.05) is 0 Å². The molecule has 0 radical (unpaired) electrons. The van der Waals surface area contributed by atoms with Gasteiger partial charge in [-0.15, -0.1) is 0 Å². The number of carbonyl (C=O) groups is 3. The van der Waals surface area contributed by atoms with Crippen molar-refractivity contribution in [2.24, 2.45) is 0 Å². The lowest BCUT2D eigenvalue weighted by molar-refractivity contribution is -0.145. The summed E-state index contributed by atoms with van der Waals surface area (Å²) >= 11 is 0.741. The molecule has 2 amide bonds. The maximum Gasteiger partial charge on any atom is 0.326 e. The number of carboxylic acids is 1. The zero-order valence-electron chi connectivity index (χ0n) is 12.1. The summed E-state index contributed by atoms with van der Waals surface area (Å²) in [6.07, 6.45) is 1.56. The van der Waals surface area contributed by atoms with Crippen LogP contribution in [0.1, 0.15) is 19.4 Å². The van der Waals surface area contributed by atoms with Gasteiger partial charge in [-0.25, -0.2) is 4.79 Å². The summed E-state index contributed by atoms with van der Waals surface area (Å²) in [5.74, 6) is -1.09. The van der Waals surface area contributed by atoms with Crippen molar-refractivity contribution in [3.63, 3.8) is 0 Å². The Morgan fingerprint density at radius 2 is 2.00 bits per heavy atom. The van der Waals surface area contributed by atoms with Crippen LogP contribution in [0.4, 0.5) is 4.79 Å². The van der Waals surface area contributed by atoms with E-state index in [9.17, 15) is 14.4 Å². The molecule has 1 atom stereocenters. The van der Waals surface area contributed by atoms with Gasteiger partial charge in [0.2, 0.25) is 0 Å². The van der Waals surface area contributed by atoms with Crippen molar-refractivity contribution >= 4 is 35.0 Å². The minimum absolute atomic E-state index is 0.210. The lowest BCUT2D eigenvalue weighted by Crippen LogP contribution is -2.41. The SMILES string of the molecule is CCOc1ccc(/C=C2/SC(=O)N([C@H](C)C(=O)O)C2=O)cc1. The highest BCUT2D eigenvalue weighted by Crippen LogP contribution is 2.33. The number of nitrogens with zero attached hydrogens (tertiary/aromatic N) is 1. The van der Waals surface area contributed by atoms with Gasteiger partial charge in [0.15, 0.2) is 0 Å². The first-order valence-corrected chi connectivity index (χ1v) is 7.48. The Labute approximate surface area is 131 Å². The summed E-state index contributed by atoms with van der Waals surface area (Å²) in [6, 6.07) is 5.87. The fourth-order valence-corrected chi connectivity index (χ4v) is 2.81. The molecule has 1 saturated heterocycles. The number of thioether (sulfide) groups is 1. The molecule has 1 aromatic carbocycles. The van der Waals surface area contributed by atoms with Gasteiger partial charge in [-0.2, -0.15) is 0 Å². The minimum atomic E-state index is -1.22. The van der Waals surface area contributed by atoms with Crippen molar-refractivity contribution < 1.29 is 24.2 Å². The molecule has 0 saturated carbocycles. The normalized spacial score (nSPS) is 17.9. The molecular weight excluding hydrogens is 306 g/mol. The number of amides is 2. The van der Waals surface area contributed by atoms with Crippen molar-refractivity contribution in [2.75, 3.05) is 6.61 Å². The van der Waals surface area contributed by atoms with Crippen LogP contribution in [0.25, 0.3) is 6.08 Å². The van der Waals surface area contributed by atoms with E-state index >= 15 is 0 Å². The molecule has 1 aromatic rings. The van der Waals surface area contributed by atoms with Gasteiger partial charge in [0.1, 0.15) is 11.8 Å². The number of benzene rings is 1. The summed E-state index contributed by atoms with van der Waals surface area (Å²) < 4.78 is 5.32. The van der Waals surface area contributed by atoms with E-state index in [0.717, 1.165) is 22.2 Å². The molecule has 1 N–H and O–H groups in total.